The van der Waals surface area contributed by atoms with Crippen LogP contribution in [-0.4, -0.2) is 97.3 Å². The second-order valence-corrected chi connectivity index (χ2v) is 13.7. The average Bonchev–Trinajstić information content (AvgIpc) is 2.95. The maximum Gasteiger partial charge on any atom is 0.105 e. The van der Waals surface area contributed by atoms with Crippen molar-refractivity contribution in [1.29, 1.82) is 0 Å². The van der Waals surface area contributed by atoms with E-state index in [0.717, 1.165) is 0 Å². The Hall–Kier alpha value is -1.72. The van der Waals surface area contributed by atoms with E-state index in [1.807, 2.05) is 0 Å². The van der Waals surface area contributed by atoms with Gasteiger partial charge in [0, 0.05) is 50.4 Å². The highest BCUT2D eigenvalue weighted by atomic mass is 15.5. The molecule has 4 nitrogen and oxygen atoms in total. The van der Waals surface area contributed by atoms with Gasteiger partial charge in [0.15, 0.2) is 0 Å². The summed E-state index contributed by atoms with van der Waals surface area (Å²) in [6.07, 6.45) is 0. The normalized spacial score (nSPS) is 30.3. The van der Waals surface area contributed by atoms with Gasteiger partial charge in [-0.05, 0) is 111 Å². The molecule has 2 aromatic rings. The number of nitrogens with zero attached hydrogens (tertiary/aromatic N) is 4. The summed E-state index contributed by atoms with van der Waals surface area (Å²) in [6, 6.07) is 0. The van der Waals surface area contributed by atoms with Crippen molar-refractivity contribution in [2.75, 3.05) is 78.5 Å². The third-order valence-electron chi connectivity index (χ3n) is 12.1. The van der Waals surface area contributed by atoms with Crippen LogP contribution in [0.3, 0.4) is 0 Å². The molecule has 0 radical (unpaired) electrons. The molecule has 0 aromatic heterocycles. The molecule has 8 rings (SSSR count). The fourth-order valence-electron chi connectivity index (χ4n) is 8.61. The lowest BCUT2D eigenvalue weighted by atomic mass is 9.79. The molecule has 6 aliphatic rings. The molecule has 0 atom stereocenters. The van der Waals surface area contributed by atoms with Gasteiger partial charge < -0.3 is 8.97 Å². The quantitative estimate of drug-likeness (QED) is 0.510. The van der Waals surface area contributed by atoms with Crippen molar-refractivity contribution in [3.05, 3.63) is 55.6 Å². The van der Waals surface area contributed by atoms with Crippen LogP contribution in [0.25, 0.3) is 11.1 Å². The predicted octanol–water partition coefficient (Wildman–Crippen LogP) is 5.11. The molecular weight excluding hydrogens is 464 g/mol. The molecular formula is C34H52N4+2. The fourth-order valence-corrected chi connectivity index (χ4v) is 8.61. The molecule has 0 amide bonds. The molecule has 6 aliphatic heterocycles. The van der Waals surface area contributed by atoms with Gasteiger partial charge in [-0.1, -0.05) is 0 Å². The Morgan fingerprint density at radius 1 is 0.395 bits per heavy atom. The molecule has 6 fully saturated rings. The largest absolute Gasteiger partial charge is 0.317 e. The molecule has 206 valence electrons. The monoisotopic (exact) mass is 516 g/mol. The minimum atomic E-state index is 1.22. The average molecular weight is 517 g/mol. The second-order valence-electron chi connectivity index (χ2n) is 13.7. The lowest BCUT2D eigenvalue weighted by Crippen LogP contribution is -2.66. The zero-order valence-corrected chi connectivity index (χ0v) is 25.7. The predicted molar refractivity (Wildman–Crippen MR) is 160 cm³/mol. The Balaban J connectivity index is 1.41. The van der Waals surface area contributed by atoms with Crippen molar-refractivity contribution in [3.8, 4) is 11.1 Å². The molecule has 0 N–H and O–H groups in total. The number of benzene rings is 2. The van der Waals surface area contributed by atoms with Gasteiger partial charge >= 0.3 is 0 Å². The summed E-state index contributed by atoms with van der Waals surface area (Å²) in [5.74, 6) is 0. The van der Waals surface area contributed by atoms with Crippen LogP contribution in [0.1, 0.15) is 55.6 Å². The van der Waals surface area contributed by atoms with Crippen LogP contribution in [0, 0.1) is 55.4 Å². The molecule has 4 bridgehead atoms. The molecule has 6 heterocycles. The highest BCUT2D eigenvalue weighted by Gasteiger charge is 2.41. The first kappa shape index (κ1) is 26.5. The molecule has 0 saturated carbocycles. The lowest BCUT2D eigenvalue weighted by Gasteiger charge is -2.51. The Labute approximate surface area is 232 Å². The van der Waals surface area contributed by atoms with Crippen LogP contribution in [0.4, 0.5) is 0 Å². The Kier molecular flexibility index (Phi) is 6.58. The van der Waals surface area contributed by atoms with Gasteiger partial charge in [-0.15, -0.1) is 0 Å². The van der Waals surface area contributed by atoms with Gasteiger partial charge in [0.2, 0.25) is 0 Å². The maximum atomic E-state index is 2.66. The summed E-state index contributed by atoms with van der Waals surface area (Å²) in [6.45, 7) is 37.5. The van der Waals surface area contributed by atoms with Gasteiger partial charge in [0.05, 0.1) is 39.3 Å². The summed E-state index contributed by atoms with van der Waals surface area (Å²) in [4.78, 5) is 5.32. The third-order valence-corrected chi connectivity index (χ3v) is 12.1. The van der Waals surface area contributed by atoms with E-state index in [-0.39, 0.29) is 0 Å². The van der Waals surface area contributed by atoms with E-state index in [4.69, 9.17) is 0 Å². The zero-order valence-electron chi connectivity index (χ0n) is 25.7. The number of rotatable bonds is 5. The first-order chi connectivity index (χ1) is 18.0. The summed E-state index contributed by atoms with van der Waals surface area (Å²) in [5, 5.41) is 0. The van der Waals surface area contributed by atoms with Crippen molar-refractivity contribution in [1.82, 2.24) is 9.80 Å². The summed E-state index contributed by atoms with van der Waals surface area (Å²) in [7, 11) is 0. The Morgan fingerprint density at radius 3 is 0.868 bits per heavy atom. The van der Waals surface area contributed by atoms with Crippen LogP contribution in [0.2, 0.25) is 0 Å². The van der Waals surface area contributed by atoms with Crippen molar-refractivity contribution in [2.45, 2.75) is 68.5 Å². The third kappa shape index (κ3) is 4.10. The first-order valence-corrected chi connectivity index (χ1v) is 15.4. The van der Waals surface area contributed by atoms with Crippen molar-refractivity contribution in [3.63, 3.8) is 0 Å². The Morgan fingerprint density at radius 2 is 0.632 bits per heavy atom. The molecule has 6 saturated heterocycles. The summed E-state index contributed by atoms with van der Waals surface area (Å²) in [5.41, 5.74) is 18.6. The molecule has 38 heavy (non-hydrogen) atoms. The lowest BCUT2D eigenvalue weighted by molar-refractivity contribution is -0.953. The highest BCUT2D eigenvalue weighted by Crippen LogP contribution is 2.42. The van der Waals surface area contributed by atoms with Crippen molar-refractivity contribution >= 4 is 0 Å². The van der Waals surface area contributed by atoms with Crippen LogP contribution < -0.4 is 0 Å². The van der Waals surface area contributed by atoms with E-state index in [1.54, 1.807) is 33.4 Å². The summed E-state index contributed by atoms with van der Waals surface area (Å²) >= 11 is 0. The van der Waals surface area contributed by atoms with E-state index in [0.29, 0.717) is 0 Å². The van der Waals surface area contributed by atoms with Crippen LogP contribution in [0.15, 0.2) is 0 Å². The number of hydrogen-bond donors (Lipinski definition) is 0. The topological polar surface area (TPSA) is 6.48 Å². The molecule has 4 heteroatoms. The molecule has 0 unspecified atom stereocenters. The SMILES string of the molecule is Cc1c(C)c(-c2c(C)c(C)c(C[N+]34CCN(CC3)CC4)c(C)c2C)c(C)c(C)c1C[N+]12CCN(CC1)CC2. The van der Waals surface area contributed by atoms with Gasteiger partial charge in [-0.25, -0.2) is 0 Å². The molecule has 0 aliphatic carbocycles. The van der Waals surface area contributed by atoms with Gasteiger partial charge in [0.1, 0.15) is 13.1 Å². The Bertz CT molecular complexity index is 1090. The standard InChI is InChI=1S/C34H52N4/c1-23-27(5)33(28(6)24(2)31(23)21-37-15-9-35(10-16-37)11-17-37)34-29(7)25(3)32(26(4)30(34)8)22-38-18-12-36(13-19-38)14-20-38/h9-22H2,1-8H3/q+2. The van der Waals surface area contributed by atoms with E-state index < -0.39 is 0 Å². The van der Waals surface area contributed by atoms with Gasteiger partial charge in [0.25, 0.3) is 0 Å². The van der Waals surface area contributed by atoms with E-state index in [9.17, 15) is 0 Å². The number of fused-ring (bicyclic) bond motifs is 6. The van der Waals surface area contributed by atoms with E-state index in [1.165, 1.54) is 134 Å². The van der Waals surface area contributed by atoms with E-state index in [2.05, 4.69) is 65.2 Å². The van der Waals surface area contributed by atoms with Crippen LogP contribution in [-0.2, 0) is 13.1 Å². The minimum absolute atomic E-state index is 1.22. The number of piperazine rings is 6. The minimum Gasteiger partial charge on any atom is -0.317 e. The zero-order chi connectivity index (χ0) is 27.0. The van der Waals surface area contributed by atoms with E-state index >= 15 is 0 Å². The maximum absolute atomic E-state index is 2.66. The highest BCUT2D eigenvalue weighted by molar-refractivity contribution is 5.81. The van der Waals surface area contributed by atoms with Gasteiger partial charge in [-0.3, -0.25) is 9.80 Å². The number of quaternary nitrogens is 2. The fraction of sp³-hybridized carbons (Fsp3) is 0.647. The number of hydrogen-bond acceptors (Lipinski definition) is 2. The van der Waals surface area contributed by atoms with Crippen LogP contribution in [0.5, 0.6) is 0 Å². The first-order valence-electron chi connectivity index (χ1n) is 15.4. The van der Waals surface area contributed by atoms with Crippen molar-refractivity contribution < 1.29 is 8.97 Å². The molecule has 0 spiro atoms. The summed E-state index contributed by atoms with van der Waals surface area (Å²) < 4.78 is 2.61. The smallest absolute Gasteiger partial charge is 0.105 e. The second kappa shape index (κ2) is 9.44. The van der Waals surface area contributed by atoms with Crippen molar-refractivity contribution in [2.24, 2.45) is 0 Å². The molecule has 2 aromatic carbocycles. The van der Waals surface area contributed by atoms with Crippen LogP contribution >= 0.6 is 0 Å². The van der Waals surface area contributed by atoms with Gasteiger partial charge in [-0.2, -0.15) is 0 Å².